The molecular formula is C16H20N2O7S. The van der Waals surface area contributed by atoms with E-state index in [9.17, 15) is 13.2 Å². The number of rotatable bonds is 9. The topological polar surface area (TPSA) is 117 Å². The van der Waals surface area contributed by atoms with Crippen molar-refractivity contribution in [2.75, 3.05) is 26.9 Å². The minimum absolute atomic E-state index is 0.0160. The van der Waals surface area contributed by atoms with Crippen LogP contribution in [0.5, 0.6) is 11.5 Å². The summed E-state index contributed by atoms with van der Waals surface area (Å²) in [7, 11) is -2.34. The summed E-state index contributed by atoms with van der Waals surface area (Å²) in [4.78, 5) is 11.6. The first-order chi connectivity index (χ1) is 12.3. The Hall–Kier alpha value is -2.59. The quantitative estimate of drug-likeness (QED) is 0.506. The molecule has 10 heteroatoms. The lowest BCUT2D eigenvalue weighted by Crippen LogP contribution is -2.31. The summed E-state index contributed by atoms with van der Waals surface area (Å²) in [6.07, 6.45) is 0. The first-order valence-corrected chi connectivity index (χ1v) is 9.17. The predicted octanol–water partition coefficient (Wildman–Crippen LogP) is 1.20. The van der Waals surface area contributed by atoms with Crippen LogP contribution >= 0.6 is 0 Å². The summed E-state index contributed by atoms with van der Waals surface area (Å²) >= 11 is 0. The summed E-state index contributed by atoms with van der Waals surface area (Å²) in [5.74, 6) is 0.727. The molecule has 0 aliphatic carbocycles. The molecule has 0 atom stereocenters. The van der Waals surface area contributed by atoms with Crippen LogP contribution in [0.2, 0.25) is 0 Å². The van der Waals surface area contributed by atoms with Crippen molar-refractivity contribution in [1.29, 1.82) is 0 Å². The number of hydrogen-bond acceptors (Lipinski definition) is 8. The number of ether oxygens (including phenoxy) is 3. The maximum atomic E-state index is 12.2. The van der Waals surface area contributed by atoms with Crippen LogP contribution in [0.3, 0.4) is 0 Å². The fourth-order valence-electron chi connectivity index (χ4n) is 2.12. The molecule has 0 aliphatic rings. The van der Waals surface area contributed by atoms with Gasteiger partial charge in [-0.25, -0.2) is 8.42 Å². The van der Waals surface area contributed by atoms with Gasteiger partial charge in [-0.3, -0.25) is 4.79 Å². The van der Waals surface area contributed by atoms with Gasteiger partial charge in [0.2, 0.25) is 10.0 Å². The highest BCUT2D eigenvalue weighted by Crippen LogP contribution is 2.18. The van der Waals surface area contributed by atoms with Gasteiger partial charge in [0.1, 0.15) is 41.8 Å². The van der Waals surface area contributed by atoms with Crippen LogP contribution in [0.25, 0.3) is 0 Å². The van der Waals surface area contributed by atoms with E-state index in [2.05, 4.69) is 9.88 Å². The Labute approximate surface area is 151 Å². The standard InChI is InChI=1S/C16H20N2O7S/c1-11-16(12(2)25-18-11)26(20,21)17-10-15(19)24-9-8-23-14-6-4-13(22-3)5-7-14/h4-7,17H,8-10H2,1-3H3. The fourth-order valence-corrected chi connectivity index (χ4v) is 3.42. The van der Waals surface area contributed by atoms with E-state index in [-0.39, 0.29) is 29.6 Å². The molecular weight excluding hydrogens is 364 g/mol. The predicted molar refractivity (Wildman–Crippen MR) is 90.6 cm³/mol. The van der Waals surface area contributed by atoms with Crippen LogP contribution in [0, 0.1) is 13.8 Å². The van der Waals surface area contributed by atoms with Crippen molar-refractivity contribution in [3.05, 3.63) is 35.7 Å². The summed E-state index contributed by atoms with van der Waals surface area (Å²) < 4.78 is 46.6. The molecule has 0 unspecified atom stereocenters. The smallest absolute Gasteiger partial charge is 0.321 e. The number of benzene rings is 1. The molecule has 0 saturated heterocycles. The van der Waals surface area contributed by atoms with Crippen LogP contribution < -0.4 is 14.2 Å². The second-order valence-corrected chi connectivity index (χ2v) is 6.93. The molecule has 142 valence electrons. The van der Waals surface area contributed by atoms with Crippen molar-refractivity contribution in [2.24, 2.45) is 0 Å². The first-order valence-electron chi connectivity index (χ1n) is 7.68. The molecule has 0 bridgehead atoms. The molecule has 1 aromatic heterocycles. The molecule has 2 rings (SSSR count). The number of sulfonamides is 1. The van der Waals surface area contributed by atoms with E-state index in [0.29, 0.717) is 11.5 Å². The van der Waals surface area contributed by atoms with Crippen LogP contribution in [-0.4, -0.2) is 46.4 Å². The van der Waals surface area contributed by atoms with E-state index in [1.54, 1.807) is 31.4 Å². The lowest BCUT2D eigenvalue weighted by atomic mass is 10.3. The second kappa shape index (κ2) is 8.68. The highest BCUT2D eigenvalue weighted by molar-refractivity contribution is 7.89. The molecule has 1 N–H and O–H groups in total. The van der Waals surface area contributed by atoms with Crippen LogP contribution in [0.15, 0.2) is 33.7 Å². The number of methoxy groups -OCH3 is 1. The number of aryl methyl sites for hydroxylation is 2. The molecule has 0 radical (unpaired) electrons. The maximum Gasteiger partial charge on any atom is 0.321 e. The third-order valence-corrected chi connectivity index (χ3v) is 4.96. The normalized spacial score (nSPS) is 11.2. The zero-order valence-corrected chi connectivity index (χ0v) is 15.5. The average molecular weight is 384 g/mol. The van der Waals surface area contributed by atoms with E-state index in [1.165, 1.54) is 13.8 Å². The Balaban J connectivity index is 1.73. The van der Waals surface area contributed by atoms with Gasteiger partial charge in [0.25, 0.3) is 0 Å². The van der Waals surface area contributed by atoms with Gasteiger partial charge >= 0.3 is 5.97 Å². The van der Waals surface area contributed by atoms with Crippen molar-refractivity contribution in [1.82, 2.24) is 9.88 Å². The fraction of sp³-hybridized carbons (Fsp3) is 0.375. The number of esters is 1. The molecule has 0 amide bonds. The lowest BCUT2D eigenvalue weighted by molar-refractivity contribution is -0.142. The Bertz CT molecular complexity index is 824. The zero-order chi connectivity index (χ0) is 19.2. The molecule has 9 nitrogen and oxygen atoms in total. The van der Waals surface area contributed by atoms with Crippen molar-refractivity contribution in [3.8, 4) is 11.5 Å². The maximum absolute atomic E-state index is 12.2. The van der Waals surface area contributed by atoms with Gasteiger partial charge in [0.05, 0.1) is 7.11 Å². The van der Waals surface area contributed by atoms with Crippen molar-refractivity contribution >= 4 is 16.0 Å². The van der Waals surface area contributed by atoms with Gasteiger partial charge in [-0.1, -0.05) is 5.16 Å². The van der Waals surface area contributed by atoms with Gasteiger partial charge in [0.15, 0.2) is 5.76 Å². The van der Waals surface area contributed by atoms with E-state index in [4.69, 9.17) is 18.7 Å². The Morgan fingerprint density at radius 3 is 2.38 bits per heavy atom. The van der Waals surface area contributed by atoms with Crippen molar-refractivity contribution in [2.45, 2.75) is 18.7 Å². The summed E-state index contributed by atoms with van der Waals surface area (Å²) in [5, 5.41) is 3.58. The summed E-state index contributed by atoms with van der Waals surface area (Å²) in [5.41, 5.74) is 0.219. The molecule has 0 spiro atoms. The molecule has 1 aromatic carbocycles. The largest absolute Gasteiger partial charge is 0.497 e. The van der Waals surface area contributed by atoms with Gasteiger partial charge in [0, 0.05) is 0 Å². The number of carbonyl (C=O) groups excluding carboxylic acids is 1. The zero-order valence-electron chi connectivity index (χ0n) is 14.6. The van der Waals surface area contributed by atoms with Crippen molar-refractivity contribution in [3.63, 3.8) is 0 Å². The van der Waals surface area contributed by atoms with Crippen LogP contribution in [0.4, 0.5) is 0 Å². The summed E-state index contributed by atoms with van der Waals surface area (Å²) in [6, 6.07) is 6.92. The number of aromatic nitrogens is 1. The third kappa shape index (κ3) is 5.20. The van der Waals surface area contributed by atoms with E-state index >= 15 is 0 Å². The monoisotopic (exact) mass is 384 g/mol. The molecule has 0 aliphatic heterocycles. The SMILES string of the molecule is COc1ccc(OCCOC(=O)CNS(=O)(=O)c2c(C)noc2C)cc1. The highest BCUT2D eigenvalue weighted by Gasteiger charge is 2.24. The lowest BCUT2D eigenvalue weighted by Gasteiger charge is -2.09. The molecule has 1 heterocycles. The highest BCUT2D eigenvalue weighted by atomic mass is 32.2. The van der Waals surface area contributed by atoms with Gasteiger partial charge < -0.3 is 18.7 Å². The minimum Gasteiger partial charge on any atom is -0.497 e. The summed E-state index contributed by atoms with van der Waals surface area (Å²) in [6.45, 7) is 2.59. The van der Waals surface area contributed by atoms with Crippen molar-refractivity contribution < 1.29 is 31.9 Å². The average Bonchev–Trinajstić information content (AvgIpc) is 2.97. The number of hydrogen-bond donors (Lipinski definition) is 1. The minimum atomic E-state index is -3.90. The van der Waals surface area contributed by atoms with E-state index in [0.717, 1.165) is 0 Å². The number of carbonyl (C=O) groups is 1. The van der Waals surface area contributed by atoms with E-state index in [1.807, 2.05) is 0 Å². The second-order valence-electron chi connectivity index (χ2n) is 5.22. The molecule has 2 aromatic rings. The van der Waals surface area contributed by atoms with Crippen LogP contribution in [0.1, 0.15) is 11.5 Å². The Kier molecular flexibility index (Phi) is 6.58. The van der Waals surface area contributed by atoms with Gasteiger partial charge in [-0.2, -0.15) is 4.72 Å². The van der Waals surface area contributed by atoms with Crippen LogP contribution in [-0.2, 0) is 19.6 Å². The number of nitrogens with zero attached hydrogens (tertiary/aromatic N) is 1. The molecule has 0 saturated carbocycles. The molecule has 26 heavy (non-hydrogen) atoms. The molecule has 0 fully saturated rings. The van der Waals surface area contributed by atoms with Gasteiger partial charge in [-0.15, -0.1) is 0 Å². The Morgan fingerprint density at radius 2 is 1.81 bits per heavy atom. The van der Waals surface area contributed by atoms with E-state index < -0.39 is 22.5 Å². The van der Waals surface area contributed by atoms with Gasteiger partial charge in [-0.05, 0) is 38.1 Å². The number of nitrogens with one attached hydrogen (secondary N) is 1. The first kappa shape index (κ1) is 19.7. The Morgan fingerprint density at radius 1 is 1.15 bits per heavy atom. The third-order valence-electron chi connectivity index (χ3n) is 3.32.